The van der Waals surface area contributed by atoms with Gasteiger partial charge in [-0.2, -0.15) is 5.09 Å². The van der Waals surface area contributed by atoms with Crippen LogP contribution in [0.3, 0.4) is 0 Å². The molecule has 0 spiro atoms. The van der Waals surface area contributed by atoms with Crippen LogP contribution in [0.15, 0.2) is 99.8 Å². The number of carboxylic acid groups (broad SMARTS) is 1. The van der Waals surface area contributed by atoms with Gasteiger partial charge < -0.3 is 24.6 Å². The Hall–Kier alpha value is -4.79. The van der Waals surface area contributed by atoms with Gasteiger partial charge >= 0.3 is 19.4 Å². The van der Waals surface area contributed by atoms with Gasteiger partial charge in [0.1, 0.15) is 24.0 Å². The highest BCUT2D eigenvalue weighted by atomic mass is 31.2. The predicted octanol–water partition coefficient (Wildman–Crippen LogP) is 2.44. The topological polar surface area (TPSA) is 238 Å². The number of azide groups is 1. The van der Waals surface area contributed by atoms with Crippen LogP contribution >= 0.6 is 7.75 Å². The van der Waals surface area contributed by atoms with Crippen molar-refractivity contribution in [1.29, 1.82) is 0 Å². The number of aromatic amines is 1. The van der Waals surface area contributed by atoms with Gasteiger partial charge in [0.25, 0.3) is 5.56 Å². The van der Waals surface area contributed by atoms with Crippen molar-refractivity contribution in [2.45, 2.75) is 36.6 Å². The van der Waals surface area contributed by atoms with E-state index in [1.165, 1.54) is 6.07 Å². The van der Waals surface area contributed by atoms with Gasteiger partial charge in [0.05, 0.1) is 6.61 Å². The number of nitrogens with one attached hydrogen (secondary N) is 2. The molecule has 1 aromatic heterocycles. The zero-order valence-electron chi connectivity index (χ0n) is 23.2. The molecule has 234 valence electrons. The van der Waals surface area contributed by atoms with Crippen LogP contribution in [0.25, 0.3) is 21.2 Å². The third kappa shape index (κ3) is 6.82. The summed E-state index contributed by atoms with van der Waals surface area (Å²) >= 11 is 0. The number of nitrogens with zero attached hydrogens (tertiary/aromatic N) is 4. The first-order valence-electron chi connectivity index (χ1n) is 13.4. The third-order valence-corrected chi connectivity index (χ3v) is 8.58. The fraction of sp³-hybridized carbons (Fsp3) is 0.250. The van der Waals surface area contributed by atoms with Crippen LogP contribution in [0.4, 0.5) is 0 Å². The highest BCUT2D eigenvalue weighted by Gasteiger charge is 2.56. The molecule has 3 aromatic carbocycles. The number of fused-ring (bicyclic) bond motifs is 1. The Balaban J connectivity index is 1.50. The van der Waals surface area contributed by atoms with Gasteiger partial charge in [-0.3, -0.25) is 23.7 Å². The first-order chi connectivity index (χ1) is 21.5. The zero-order valence-corrected chi connectivity index (χ0v) is 24.1. The van der Waals surface area contributed by atoms with Crippen LogP contribution in [0.1, 0.15) is 11.8 Å². The van der Waals surface area contributed by atoms with Crippen molar-refractivity contribution in [3.8, 4) is 5.75 Å². The first kappa shape index (κ1) is 31.6. The fourth-order valence-corrected chi connectivity index (χ4v) is 6.36. The molecule has 45 heavy (non-hydrogen) atoms. The molecular formula is C28H27N6O10P. The quantitative estimate of drug-likeness (QED) is 0.0653. The monoisotopic (exact) mass is 638 g/mol. The van der Waals surface area contributed by atoms with Crippen molar-refractivity contribution in [2.75, 3.05) is 6.61 Å². The van der Waals surface area contributed by atoms with Gasteiger partial charge in [-0.1, -0.05) is 71.8 Å². The van der Waals surface area contributed by atoms with E-state index >= 15 is 0 Å². The Kier molecular flexibility index (Phi) is 9.18. The molecule has 1 unspecified atom stereocenters. The molecule has 2 heterocycles. The van der Waals surface area contributed by atoms with E-state index in [9.17, 15) is 39.8 Å². The number of hydrogen-bond acceptors (Lipinski definition) is 10. The summed E-state index contributed by atoms with van der Waals surface area (Å²) in [5.74, 6) is -1.34. The summed E-state index contributed by atoms with van der Waals surface area (Å²) < 4.78 is 32.3. The van der Waals surface area contributed by atoms with Crippen LogP contribution in [0.2, 0.25) is 0 Å². The first-order valence-corrected chi connectivity index (χ1v) is 15.0. The Bertz CT molecular complexity index is 1910. The summed E-state index contributed by atoms with van der Waals surface area (Å²) in [5, 5.41) is 38.9. The predicted molar refractivity (Wildman–Crippen MR) is 158 cm³/mol. The van der Waals surface area contributed by atoms with E-state index in [4.69, 9.17) is 13.8 Å². The van der Waals surface area contributed by atoms with E-state index < -0.39 is 61.8 Å². The number of carbonyl (C=O) groups is 1. The molecule has 0 aliphatic carbocycles. The van der Waals surface area contributed by atoms with E-state index in [1.54, 1.807) is 66.7 Å². The van der Waals surface area contributed by atoms with Crippen molar-refractivity contribution in [2.24, 2.45) is 5.11 Å². The molecule has 1 aliphatic heterocycles. The molecule has 16 nitrogen and oxygen atoms in total. The summed E-state index contributed by atoms with van der Waals surface area (Å²) in [5.41, 5.74) is 5.68. The SMILES string of the molecule is [N-]=[N+]=N[C@@]1(COP(=O)(N[C@@H](Cc2ccccc2)C(=O)O)Oc2cccc3ccccc23)O[C@@H](n2ccc(=O)[nH]c2=O)[C@H](O)[C@@H]1O. The highest BCUT2D eigenvalue weighted by Crippen LogP contribution is 2.49. The summed E-state index contributed by atoms with van der Waals surface area (Å²) in [4.78, 5) is 40.9. The summed E-state index contributed by atoms with van der Waals surface area (Å²) in [6.45, 7) is -1.05. The Morgan fingerprint density at radius 1 is 1.11 bits per heavy atom. The van der Waals surface area contributed by atoms with Crippen molar-refractivity contribution < 1.29 is 38.5 Å². The molecule has 0 amide bonds. The number of aliphatic carboxylic acids is 1. The normalized spacial score (nSPS) is 23.1. The van der Waals surface area contributed by atoms with Crippen LogP contribution in [0.5, 0.6) is 5.75 Å². The number of aromatic nitrogens is 2. The standard InChI is InChI=1S/C28H27N6O10P/c29-33-32-28(24(37)23(36)25(43-28)34-14-13-22(35)30-27(34)40)16-42-45(41,31-20(26(38)39)15-17-7-2-1-3-8-17)44-21-12-6-10-18-9-4-5-11-19(18)21/h1-14,20,23-25,36-37H,15-16H2,(H,31,41)(H,38,39)(H,30,35,40)/t20-,23+,24-,25+,28-,45?/m0/s1. The maximum Gasteiger partial charge on any atom is 0.459 e. The minimum atomic E-state index is -4.77. The lowest BCUT2D eigenvalue weighted by molar-refractivity contribution is -0.139. The molecule has 17 heteroatoms. The Morgan fingerprint density at radius 2 is 1.82 bits per heavy atom. The molecule has 6 atom stereocenters. The van der Waals surface area contributed by atoms with Gasteiger partial charge in [0, 0.05) is 22.6 Å². The summed E-state index contributed by atoms with van der Waals surface area (Å²) in [6.07, 6.45) is -4.79. The van der Waals surface area contributed by atoms with Crippen molar-refractivity contribution in [3.63, 3.8) is 0 Å². The van der Waals surface area contributed by atoms with E-state index in [1.807, 2.05) is 4.98 Å². The van der Waals surface area contributed by atoms with E-state index in [2.05, 4.69) is 15.1 Å². The molecule has 5 N–H and O–H groups in total. The maximum absolute atomic E-state index is 14.4. The number of ether oxygens (including phenoxy) is 1. The number of rotatable bonds is 12. The fourth-order valence-electron chi connectivity index (χ4n) is 4.83. The summed E-state index contributed by atoms with van der Waals surface area (Å²) in [7, 11) is -4.77. The second-order valence-electron chi connectivity index (χ2n) is 10.0. The number of hydrogen-bond donors (Lipinski definition) is 5. The molecule has 0 radical (unpaired) electrons. The zero-order chi connectivity index (χ0) is 32.2. The number of benzene rings is 3. The second kappa shape index (κ2) is 13.1. The third-order valence-electron chi connectivity index (χ3n) is 7.05. The van der Waals surface area contributed by atoms with Gasteiger partial charge in [0.2, 0.25) is 5.72 Å². The molecule has 1 saturated heterocycles. The molecule has 5 rings (SSSR count). The molecule has 0 bridgehead atoms. The van der Waals surface area contributed by atoms with Crippen LogP contribution in [-0.4, -0.2) is 61.4 Å². The smallest absolute Gasteiger partial charge is 0.459 e. The molecule has 4 aromatic rings. The van der Waals surface area contributed by atoms with Crippen molar-refractivity contribution >= 4 is 24.5 Å². The summed E-state index contributed by atoms with van der Waals surface area (Å²) in [6, 6.07) is 19.8. The van der Waals surface area contributed by atoms with E-state index in [0.717, 1.165) is 16.8 Å². The number of H-pyrrole nitrogens is 1. The van der Waals surface area contributed by atoms with Crippen molar-refractivity contribution in [3.05, 3.63) is 122 Å². The molecule has 1 fully saturated rings. The maximum atomic E-state index is 14.4. The lowest BCUT2D eigenvalue weighted by Gasteiger charge is -2.30. The lowest BCUT2D eigenvalue weighted by Crippen LogP contribution is -2.46. The number of aliphatic hydroxyl groups is 2. The number of carboxylic acids is 1. The second-order valence-corrected chi connectivity index (χ2v) is 11.7. The van der Waals surface area contributed by atoms with E-state index in [-0.39, 0.29) is 12.2 Å². The van der Waals surface area contributed by atoms with Crippen LogP contribution in [0, 0.1) is 0 Å². The van der Waals surface area contributed by atoms with Gasteiger partial charge in [-0.25, -0.2) is 9.36 Å². The molecule has 1 aliphatic rings. The lowest BCUT2D eigenvalue weighted by atomic mass is 10.1. The van der Waals surface area contributed by atoms with Crippen LogP contribution < -0.4 is 20.9 Å². The van der Waals surface area contributed by atoms with Crippen molar-refractivity contribution in [1.82, 2.24) is 14.6 Å². The van der Waals surface area contributed by atoms with E-state index in [0.29, 0.717) is 16.3 Å². The van der Waals surface area contributed by atoms with Gasteiger partial charge in [0.15, 0.2) is 6.23 Å². The van der Waals surface area contributed by atoms with Gasteiger partial charge in [-0.05, 0) is 29.0 Å². The number of aliphatic hydroxyl groups excluding tert-OH is 2. The van der Waals surface area contributed by atoms with Crippen LogP contribution in [-0.2, 0) is 25.0 Å². The van der Waals surface area contributed by atoms with Gasteiger partial charge in [-0.15, -0.1) is 0 Å². The Morgan fingerprint density at radius 3 is 2.53 bits per heavy atom. The minimum Gasteiger partial charge on any atom is -0.480 e. The molecular weight excluding hydrogens is 611 g/mol. The molecule has 0 saturated carbocycles. The largest absolute Gasteiger partial charge is 0.480 e. The minimum absolute atomic E-state index is 0.0520. The average Bonchev–Trinajstić information content (AvgIpc) is 3.26. The Labute approximate surface area is 253 Å². The average molecular weight is 639 g/mol. The highest BCUT2D eigenvalue weighted by molar-refractivity contribution is 7.52.